The molecule has 2 fully saturated rings. The number of urea groups is 1. The first kappa shape index (κ1) is 26.1. The van der Waals surface area contributed by atoms with E-state index in [1.165, 1.54) is 6.20 Å². The number of aromatic amines is 1. The molecule has 2 saturated heterocycles. The van der Waals surface area contributed by atoms with Crippen LogP contribution < -0.4 is 5.32 Å². The number of nitrogens with zero attached hydrogens (tertiary/aromatic N) is 6. The van der Waals surface area contributed by atoms with Crippen molar-refractivity contribution in [2.45, 2.75) is 64.7 Å². The molecular formula is C27H36N8O3. The number of hydrogen-bond acceptors (Lipinski definition) is 7. The molecule has 202 valence electrons. The Hall–Kier alpha value is -3.49. The van der Waals surface area contributed by atoms with Gasteiger partial charge in [0.25, 0.3) is 5.91 Å². The maximum Gasteiger partial charge on any atom is 0.321 e. The molecule has 0 unspecified atom stereocenters. The average Bonchev–Trinajstić information content (AvgIpc) is 3.43. The van der Waals surface area contributed by atoms with Gasteiger partial charge >= 0.3 is 6.03 Å². The summed E-state index contributed by atoms with van der Waals surface area (Å²) in [6.45, 7) is 12.9. The molecule has 0 saturated carbocycles. The Morgan fingerprint density at radius 3 is 2.74 bits per heavy atom. The molecule has 0 aliphatic carbocycles. The van der Waals surface area contributed by atoms with E-state index in [0.29, 0.717) is 24.8 Å². The van der Waals surface area contributed by atoms with Crippen LogP contribution in [0.15, 0.2) is 18.3 Å². The lowest BCUT2D eigenvalue weighted by Crippen LogP contribution is -2.62. The minimum atomic E-state index is -0.632. The van der Waals surface area contributed by atoms with Gasteiger partial charge in [-0.3, -0.25) is 14.8 Å². The van der Waals surface area contributed by atoms with Gasteiger partial charge in [-0.2, -0.15) is 10.4 Å². The third kappa shape index (κ3) is 4.74. The number of ether oxygens (including phenoxy) is 1. The van der Waals surface area contributed by atoms with Crippen molar-refractivity contribution >= 4 is 17.8 Å². The lowest BCUT2D eigenvalue weighted by molar-refractivity contribution is 0.00882. The Kier molecular flexibility index (Phi) is 7.11. The topological polar surface area (TPSA) is 130 Å². The molecule has 0 bridgehead atoms. The monoisotopic (exact) mass is 520 g/mol. The van der Waals surface area contributed by atoms with Crippen molar-refractivity contribution < 1.29 is 14.3 Å². The van der Waals surface area contributed by atoms with Crippen LogP contribution >= 0.6 is 0 Å². The fourth-order valence-electron chi connectivity index (χ4n) is 5.90. The third-order valence-corrected chi connectivity index (χ3v) is 8.27. The first-order valence-corrected chi connectivity index (χ1v) is 13.3. The predicted octanol–water partition coefficient (Wildman–Crippen LogP) is 2.92. The minimum Gasteiger partial charge on any atom is -0.381 e. The van der Waals surface area contributed by atoms with Crippen molar-refractivity contribution in [3.63, 3.8) is 0 Å². The molecule has 2 aromatic rings. The molecule has 0 spiro atoms. The molecule has 0 radical (unpaired) electrons. The number of hydrogen-bond donors (Lipinski definition) is 2. The fraction of sp³-hybridized carbons (Fsp3) is 0.593. The molecule has 2 aromatic heterocycles. The quantitative estimate of drug-likeness (QED) is 0.634. The van der Waals surface area contributed by atoms with Crippen LogP contribution in [0.25, 0.3) is 0 Å². The normalized spacial score (nSPS) is 23.7. The molecule has 5 rings (SSSR count). The maximum atomic E-state index is 13.9. The largest absolute Gasteiger partial charge is 0.381 e. The standard InChI is InChI=1S/C27H36N8O3/c1-17-14-34(18(2)13-33(17)15-19-7-10-38-11-8-19)26(37)35-16-21-23(27(35,3)4)31-32-24(21)30-25(36)22-20(12-28)6-5-9-29-22/h5-6,9,17-19H,7-8,10-11,13-16H2,1-4H3,(H2,30,31,32,36)/t17-,18+/m1/s1. The van der Waals surface area contributed by atoms with Crippen LogP contribution in [0.2, 0.25) is 0 Å². The number of piperazine rings is 1. The number of nitrogens with one attached hydrogen (secondary N) is 2. The summed E-state index contributed by atoms with van der Waals surface area (Å²) in [5.41, 5.74) is 1.16. The zero-order chi connectivity index (χ0) is 27.0. The number of fused-ring (bicyclic) bond motifs is 1. The molecule has 38 heavy (non-hydrogen) atoms. The van der Waals surface area contributed by atoms with Gasteiger partial charge in [0.2, 0.25) is 0 Å². The maximum absolute atomic E-state index is 13.9. The van der Waals surface area contributed by atoms with Gasteiger partial charge < -0.3 is 19.9 Å². The summed E-state index contributed by atoms with van der Waals surface area (Å²) in [4.78, 5) is 37.2. The average molecular weight is 521 g/mol. The van der Waals surface area contributed by atoms with Gasteiger partial charge in [-0.05, 0) is 58.6 Å². The van der Waals surface area contributed by atoms with Crippen LogP contribution in [-0.4, -0.2) is 86.8 Å². The van der Waals surface area contributed by atoms with Gasteiger partial charge in [0.05, 0.1) is 23.3 Å². The highest BCUT2D eigenvalue weighted by molar-refractivity contribution is 6.04. The zero-order valence-corrected chi connectivity index (χ0v) is 22.5. The van der Waals surface area contributed by atoms with Crippen LogP contribution in [0.4, 0.5) is 10.6 Å². The summed E-state index contributed by atoms with van der Waals surface area (Å²) >= 11 is 0. The summed E-state index contributed by atoms with van der Waals surface area (Å²) in [7, 11) is 0. The van der Waals surface area contributed by atoms with E-state index in [4.69, 9.17) is 4.74 Å². The van der Waals surface area contributed by atoms with Crippen molar-refractivity contribution in [1.29, 1.82) is 5.26 Å². The van der Waals surface area contributed by atoms with E-state index in [0.717, 1.165) is 50.4 Å². The Morgan fingerprint density at radius 1 is 1.24 bits per heavy atom. The molecule has 3 amide bonds. The Labute approximate surface area is 223 Å². The van der Waals surface area contributed by atoms with Crippen molar-refractivity contribution in [3.8, 4) is 6.07 Å². The third-order valence-electron chi connectivity index (χ3n) is 8.27. The number of amides is 3. The van der Waals surface area contributed by atoms with Gasteiger partial charge in [-0.15, -0.1) is 0 Å². The number of anilines is 1. The van der Waals surface area contributed by atoms with Crippen molar-refractivity contribution in [3.05, 3.63) is 40.8 Å². The van der Waals surface area contributed by atoms with Crippen molar-refractivity contribution in [2.75, 3.05) is 38.2 Å². The molecular weight excluding hydrogens is 484 g/mol. The van der Waals surface area contributed by atoms with E-state index < -0.39 is 11.4 Å². The first-order chi connectivity index (χ1) is 18.2. The number of rotatable bonds is 4. The van der Waals surface area contributed by atoms with E-state index in [1.54, 1.807) is 12.1 Å². The number of carbonyl (C=O) groups is 2. The van der Waals surface area contributed by atoms with Gasteiger partial charge in [0.1, 0.15) is 11.8 Å². The Bertz CT molecular complexity index is 1250. The van der Waals surface area contributed by atoms with Gasteiger partial charge in [0.15, 0.2) is 5.82 Å². The van der Waals surface area contributed by atoms with E-state index in [2.05, 4.69) is 39.2 Å². The highest BCUT2D eigenvalue weighted by Crippen LogP contribution is 2.41. The van der Waals surface area contributed by atoms with Crippen LogP contribution in [0.1, 0.15) is 67.8 Å². The van der Waals surface area contributed by atoms with E-state index in [1.807, 2.05) is 29.7 Å². The van der Waals surface area contributed by atoms with Gasteiger partial charge in [-0.1, -0.05) is 0 Å². The van der Waals surface area contributed by atoms with Crippen LogP contribution in [0, 0.1) is 17.2 Å². The zero-order valence-electron chi connectivity index (χ0n) is 22.5. The lowest BCUT2D eigenvalue weighted by atomic mass is 9.97. The van der Waals surface area contributed by atoms with Crippen LogP contribution in [0.3, 0.4) is 0 Å². The Morgan fingerprint density at radius 2 is 2.00 bits per heavy atom. The van der Waals surface area contributed by atoms with Crippen LogP contribution in [0.5, 0.6) is 0 Å². The second-order valence-electron chi connectivity index (χ2n) is 11.2. The molecule has 11 nitrogen and oxygen atoms in total. The number of nitriles is 1. The predicted molar refractivity (Wildman–Crippen MR) is 140 cm³/mol. The summed E-state index contributed by atoms with van der Waals surface area (Å²) in [5.74, 6) is 0.493. The van der Waals surface area contributed by atoms with Crippen LogP contribution in [-0.2, 0) is 16.8 Å². The lowest BCUT2D eigenvalue weighted by Gasteiger charge is -2.47. The molecule has 3 aliphatic rings. The summed E-state index contributed by atoms with van der Waals surface area (Å²) in [6.07, 6.45) is 3.68. The summed E-state index contributed by atoms with van der Waals surface area (Å²) < 4.78 is 5.52. The van der Waals surface area contributed by atoms with Crippen molar-refractivity contribution in [2.24, 2.45) is 5.92 Å². The molecule has 3 aliphatic heterocycles. The van der Waals surface area contributed by atoms with Crippen molar-refractivity contribution in [1.82, 2.24) is 29.9 Å². The Balaban J connectivity index is 1.28. The minimum absolute atomic E-state index is 0.0153. The number of carbonyl (C=O) groups excluding carboxylic acids is 2. The highest BCUT2D eigenvalue weighted by Gasteiger charge is 2.47. The summed E-state index contributed by atoms with van der Waals surface area (Å²) in [5, 5.41) is 19.5. The first-order valence-electron chi connectivity index (χ1n) is 13.3. The smallest absolute Gasteiger partial charge is 0.321 e. The second-order valence-corrected chi connectivity index (χ2v) is 11.2. The highest BCUT2D eigenvalue weighted by atomic mass is 16.5. The van der Waals surface area contributed by atoms with Gasteiger partial charge in [0, 0.05) is 56.7 Å². The molecule has 5 heterocycles. The SMILES string of the molecule is C[C@@H]1CN(C(=O)N2Cc3c(NC(=O)c4ncccc4C#N)n[nH]c3C2(C)C)[C@@H](C)CN1CC1CCOCC1. The van der Waals surface area contributed by atoms with E-state index in [-0.39, 0.29) is 29.4 Å². The second kappa shape index (κ2) is 10.3. The molecule has 0 aromatic carbocycles. The molecule has 2 atom stereocenters. The van der Waals surface area contributed by atoms with E-state index >= 15 is 0 Å². The van der Waals surface area contributed by atoms with Gasteiger partial charge in [-0.25, -0.2) is 9.78 Å². The number of aromatic nitrogens is 3. The number of H-pyrrole nitrogens is 1. The molecule has 11 heteroatoms. The molecule has 2 N–H and O–H groups in total. The summed E-state index contributed by atoms with van der Waals surface area (Å²) in [6, 6.07) is 5.49. The van der Waals surface area contributed by atoms with E-state index in [9.17, 15) is 14.9 Å². The number of pyridine rings is 1. The fourth-order valence-corrected chi connectivity index (χ4v) is 5.90.